The SMILES string of the molecule is Cc1nnc2n1-c1ccccc1C(c1ccccc1)=NN2Cc1cccnc1. The van der Waals surface area contributed by atoms with Crippen molar-refractivity contribution in [1.82, 2.24) is 19.7 Å². The molecule has 0 radical (unpaired) electrons. The summed E-state index contributed by atoms with van der Waals surface area (Å²) < 4.78 is 2.06. The van der Waals surface area contributed by atoms with Crippen LogP contribution < -0.4 is 5.01 Å². The van der Waals surface area contributed by atoms with E-state index in [1.807, 2.05) is 60.6 Å². The maximum atomic E-state index is 5.04. The molecule has 0 atom stereocenters. The van der Waals surface area contributed by atoms with Gasteiger partial charge in [0.25, 0.3) is 5.95 Å². The number of anilines is 1. The summed E-state index contributed by atoms with van der Waals surface area (Å²) in [5.41, 5.74) is 5.09. The van der Waals surface area contributed by atoms with Crippen LogP contribution in [-0.4, -0.2) is 25.5 Å². The molecule has 4 aromatic rings. The molecule has 2 aromatic heterocycles. The maximum absolute atomic E-state index is 5.04. The molecule has 6 heteroatoms. The van der Waals surface area contributed by atoms with E-state index in [4.69, 9.17) is 5.10 Å². The minimum absolute atomic E-state index is 0.552. The molecule has 5 rings (SSSR count). The zero-order chi connectivity index (χ0) is 18.9. The summed E-state index contributed by atoms with van der Waals surface area (Å²) in [6, 6.07) is 22.4. The summed E-state index contributed by atoms with van der Waals surface area (Å²) in [6.45, 7) is 2.51. The van der Waals surface area contributed by atoms with Gasteiger partial charge < -0.3 is 0 Å². The molecule has 0 unspecified atom stereocenters. The molecule has 1 aliphatic rings. The Kier molecular flexibility index (Phi) is 3.94. The van der Waals surface area contributed by atoms with Crippen LogP contribution in [0.3, 0.4) is 0 Å². The Hall–Kier alpha value is -3.80. The van der Waals surface area contributed by atoms with Crippen LogP contribution >= 0.6 is 0 Å². The van der Waals surface area contributed by atoms with Crippen molar-refractivity contribution in [1.29, 1.82) is 0 Å². The molecule has 2 aromatic carbocycles. The lowest BCUT2D eigenvalue weighted by Crippen LogP contribution is -2.20. The number of hydrazone groups is 1. The number of nitrogens with zero attached hydrogens (tertiary/aromatic N) is 6. The maximum Gasteiger partial charge on any atom is 0.252 e. The molecule has 0 bridgehead atoms. The number of fused-ring (bicyclic) bond motifs is 3. The highest BCUT2D eigenvalue weighted by Crippen LogP contribution is 2.30. The van der Waals surface area contributed by atoms with Crippen LogP contribution in [0.15, 0.2) is 84.2 Å². The number of hydrogen-bond acceptors (Lipinski definition) is 5. The van der Waals surface area contributed by atoms with Crippen LogP contribution in [0.1, 0.15) is 22.5 Å². The zero-order valence-electron chi connectivity index (χ0n) is 15.4. The number of hydrogen-bond donors (Lipinski definition) is 0. The van der Waals surface area contributed by atoms with Gasteiger partial charge in [-0.15, -0.1) is 10.2 Å². The van der Waals surface area contributed by atoms with Crippen LogP contribution in [0, 0.1) is 6.92 Å². The van der Waals surface area contributed by atoms with Crippen molar-refractivity contribution in [3.05, 3.63) is 102 Å². The van der Waals surface area contributed by atoms with E-state index in [9.17, 15) is 0 Å². The fraction of sp³-hybridized carbons (Fsp3) is 0.0909. The highest BCUT2D eigenvalue weighted by atomic mass is 15.6. The fourth-order valence-corrected chi connectivity index (χ4v) is 3.47. The molecule has 1 aliphatic heterocycles. The van der Waals surface area contributed by atoms with Crippen molar-refractivity contribution in [2.45, 2.75) is 13.5 Å². The standard InChI is InChI=1S/C22H18N6/c1-16-24-25-22-27(15-17-8-7-13-23-14-17)26-21(18-9-3-2-4-10-18)19-11-5-6-12-20(19)28(16)22/h2-14H,15H2,1H3. The summed E-state index contributed by atoms with van der Waals surface area (Å²) in [5.74, 6) is 1.52. The van der Waals surface area contributed by atoms with Gasteiger partial charge in [0.05, 0.1) is 12.2 Å². The second-order valence-electron chi connectivity index (χ2n) is 6.63. The molecule has 0 amide bonds. The first-order chi connectivity index (χ1) is 13.8. The third kappa shape index (κ3) is 2.75. The quantitative estimate of drug-likeness (QED) is 0.554. The lowest BCUT2D eigenvalue weighted by Gasteiger charge is -2.17. The van der Waals surface area contributed by atoms with E-state index in [2.05, 4.69) is 44.0 Å². The molecule has 0 saturated carbocycles. The third-order valence-electron chi connectivity index (χ3n) is 4.76. The van der Waals surface area contributed by atoms with Gasteiger partial charge in [-0.2, -0.15) is 5.10 Å². The average molecular weight is 366 g/mol. The minimum Gasteiger partial charge on any atom is -0.264 e. The number of benzene rings is 2. The van der Waals surface area contributed by atoms with E-state index < -0.39 is 0 Å². The number of pyridine rings is 1. The van der Waals surface area contributed by atoms with Crippen LogP contribution in [-0.2, 0) is 6.54 Å². The topological polar surface area (TPSA) is 59.2 Å². The van der Waals surface area contributed by atoms with E-state index in [1.165, 1.54) is 0 Å². The summed E-state index contributed by atoms with van der Waals surface area (Å²) >= 11 is 0. The number of aryl methyl sites for hydroxylation is 1. The molecular formula is C22H18N6. The van der Waals surface area contributed by atoms with E-state index >= 15 is 0 Å². The Bertz CT molecular complexity index is 1150. The molecule has 6 nitrogen and oxygen atoms in total. The predicted molar refractivity (Wildman–Crippen MR) is 109 cm³/mol. The largest absolute Gasteiger partial charge is 0.264 e. The number of para-hydroxylation sites is 1. The lowest BCUT2D eigenvalue weighted by molar-refractivity contribution is 0.793. The normalized spacial score (nSPS) is 12.8. The first-order valence-electron chi connectivity index (χ1n) is 9.13. The van der Waals surface area contributed by atoms with E-state index in [-0.39, 0.29) is 0 Å². The lowest BCUT2D eigenvalue weighted by atomic mass is 10.0. The molecule has 3 heterocycles. The van der Waals surface area contributed by atoms with Crippen LogP contribution in [0.2, 0.25) is 0 Å². The number of aromatic nitrogens is 4. The predicted octanol–water partition coefficient (Wildman–Crippen LogP) is 3.74. The van der Waals surface area contributed by atoms with Gasteiger partial charge in [0.2, 0.25) is 0 Å². The van der Waals surface area contributed by atoms with Crippen LogP contribution in [0.4, 0.5) is 5.95 Å². The smallest absolute Gasteiger partial charge is 0.252 e. The Morgan fingerprint density at radius 3 is 2.50 bits per heavy atom. The monoisotopic (exact) mass is 366 g/mol. The van der Waals surface area contributed by atoms with Gasteiger partial charge in [-0.1, -0.05) is 54.6 Å². The molecule has 28 heavy (non-hydrogen) atoms. The zero-order valence-corrected chi connectivity index (χ0v) is 15.4. The average Bonchev–Trinajstić information content (AvgIpc) is 3.07. The van der Waals surface area contributed by atoms with Gasteiger partial charge in [0.1, 0.15) is 11.5 Å². The van der Waals surface area contributed by atoms with E-state index in [0.717, 1.165) is 33.9 Å². The molecule has 0 spiro atoms. The van der Waals surface area contributed by atoms with Gasteiger partial charge in [-0.3, -0.25) is 9.55 Å². The first-order valence-corrected chi connectivity index (χ1v) is 9.13. The molecule has 0 N–H and O–H groups in total. The van der Waals surface area contributed by atoms with Crippen molar-refractivity contribution in [3.8, 4) is 5.69 Å². The Morgan fingerprint density at radius 1 is 0.857 bits per heavy atom. The molecule has 136 valence electrons. The third-order valence-corrected chi connectivity index (χ3v) is 4.76. The minimum atomic E-state index is 0.552. The highest BCUT2D eigenvalue weighted by Gasteiger charge is 2.26. The van der Waals surface area contributed by atoms with E-state index in [1.54, 1.807) is 6.20 Å². The Balaban J connectivity index is 1.74. The second-order valence-corrected chi connectivity index (χ2v) is 6.63. The summed E-state index contributed by atoms with van der Waals surface area (Å²) in [6.07, 6.45) is 3.62. The van der Waals surface area contributed by atoms with Crippen molar-refractivity contribution < 1.29 is 0 Å². The molecule has 0 saturated heterocycles. The van der Waals surface area contributed by atoms with E-state index in [0.29, 0.717) is 12.5 Å². The molecule has 0 aliphatic carbocycles. The van der Waals surface area contributed by atoms with Crippen molar-refractivity contribution in [2.24, 2.45) is 5.10 Å². The second kappa shape index (κ2) is 6.74. The Labute approximate surface area is 162 Å². The highest BCUT2D eigenvalue weighted by molar-refractivity contribution is 6.15. The molecular weight excluding hydrogens is 348 g/mol. The van der Waals surface area contributed by atoms with Gasteiger partial charge in [-0.25, -0.2) is 5.01 Å². The van der Waals surface area contributed by atoms with Crippen LogP contribution in [0.5, 0.6) is 0 Å². The number of rotatable bonds is 3. The Morgan fingerprint density at radius 2 is 1.68 bits per heavy atom. The van der Waals surface area contributed by atoms with Gasteiger partial charge in [0.15, 0.2) is 0 Å². The van der Waals surface area contributed by atoms with Gasteiger partial charge in [-0.05, 0) is 24.6 Å². The fourth-order valence-electron chi connectivity index (χ4n) is 3.47. The summed E-state index contributed by atoms with van der Waals surface area (Å²) in [7, 11) is 0. The molecule has 0 fully saturated rings. The van der Waals surface area contributed by atoms with Crippen molar-refractivity contribution in [3.63, 3.8) is 0 Å². The van der Waals surface area contributed by atoms with Crippen LogP contribution in [0.25, 0.3) is 5.69 Å². The van der Waals surface area contributed by atoms with Crippen molar-refractivity contribution >= 4 is 11.7 Å². The van der Waals surface area contributed by atoms with Gasteiger partial charge >= 0.3 is 0 Å². The first kappa shape index (κ1) is 16.4. The van der Waals surface area contributed by atoms with Gasteiger partial charge in [0, 0.05) is 23.5 Å². The van der Waals surface area contributed by atoms with Crippen molar-refractivity contribution in [2.75, 3.05) is 5.01 Å². The summed E-state index contributed by atoms with van der Waals surface area (Å²) in [4.78, 5) is 4.23. The summed E-state index contributed by atoms with van der Waals surface area (Å²) in [5, 5.41) is 15.7.